The van der Waals surface area contributed by atoms with Gasteiger partial charge >= 0.3 is 0 Å². The third-order valence-electron chi connectivity index (χ3n) is 2.45. The van der Waals surface area contributed by atoms with Crippen molar-refractivity contribution in [1.82, 2.24) is 4.98 Å². The van der Waals surface area contributed by atoms with Gasteiger partial charge in [-0.1, -0.05) is 0 Å². The van der Waals surface area contributed by atoms with Gasteiger partial charge in [-0.25, -0.2) is 0 Å². The first-order valence-electron chi connectivity index (χ1n) is 5.37. The minimum atomic E-state index is -0.0441. The molecular weight excluding hydrogens is 200 g/mol. The van der Waals surface area contributed by atoms with Crippen molar-refractivity contribution in [3.8, 4) is 6.07 Å². The van der Waals surface area contributed by atoms with Gasteiger partial charge in [0, 0.05) is 19.6 Å². The monoisotopic (exact) mass is 218 g/mol. The van der Waals surface area contributed by atoms with E-state index in [1.807, 2.05) is 37.9 Å². The summed E-state index contributed by atoms with van der Waals surface area (Å²) in [6, 6.07) is 6.08. The lowest BCUT2D eigenvalue weighted by molar-refractivity contribution is 0.713. The first-order chi connectivity index (χ1) is 7.54. The topological polar surface area (TPSA) is 65.9 Å². The van der Waals surface area contributed by atoms with Gasteiger partial charge in [-0.3, -0.25) is 4.98 Å². The van der Waals surface area contributed by atoms with Gasteiger partial charge in [0.2, 0.25) is 0 Å². The van der Waals surface area contributed by atoms with Crippen molar-refractivity contribution in [3.63, 3.8) is 0 Å². The highest BCUT2D eigenvalue weighted by molar-refractivity contribution is 5.44. The van der Waals surface area contributed by atoms with Crippen LogP contribution in [0.3, 0.4) is 0 Å². The van der Waals surface area contributed by atoms with Crippen molar-refractivity contribution in [2.24, 2.45) is 11.7 Å². The molecule has 4 heteroatoms. The SMILES string of the molecule is CC(C#N)CN(C)c1ccc([C@@H](C)N)nc1. The van der Waals surface area contributed by atoms with Gasteiger partial charge in [-0.15, -0.1) is 0 Å². The molecule has 1 unspecified atom stereocenters. The highest BCUT2D eigenvalue weighted by Crippen LogP contribution is 2.15. The molecule has 0 spiro atoms. The zero-order valence-corrected chi connectivity index (χ0v) is 10.0. The number of nitrogens with zero attached hydrogens (tertiary/aromatic N) is 3. The van der Waals surface area contributed by atoms with Crippen LogP contribution in [0.15, 0.2) is 18.3 Å². The van der Waals surface area contributed by atoms with Crippen LogP contribution in [0.4, 0.5) is 5.69 Å². The van der Waals surface area contributed by atoms with E-state index >= 15 is 0 Å². The van der Waals surface area contributed by atoms with Crippen LogP contribution in [0, 0.1) is 17.2 Å². The van der Waals surface area contributed by atoms with Crippen LogP contribution in [-0.2, 0) is 0 Å². The normalized spacial score (nSPS) is 13.9. The van der Waals surface area contributed by atoms with Crippen molar-refractivity contribution in [2.45, 2.75) is 19.9 Å². The lowest BCUT2D eigenvalue weighted by atomic mass is 10.2. The average Bonchev–Trinajstić information content (AvgIpc) is 2.28. The summed E-state index contributed by atoms with van der Waals surface area (Å²) in [6.45, 7) is 4.51. The van der Waals surface area contributed by atoms with Crippen LogP contribution in [0.5, 0.6) is 0 Å². The van der Waals surface area contributed by atoms with Gasteiger partial charge in [-0.2, -0.15) is 5.26 Å². The molecule has 0 amide bonds. The van der Waals surface area contributed by atoms with Gasteiger partial charge in [0.1, 0.15) is 0 Å². The van der Waals surface area contributed by atoms with E-state index in [1.165, 1.54) is 0 Å². The molecule has 0 aromatic carbocycles. The van der Waals surface area contributed by atoms with Crippen molar-refractivity contribution in [1.29, 1.82) is 5.26 Å². The number of anilines is 1. The van der Waals surface area contributed by atoms with E-state index in [0.717, 1.165) is 11.4 Å². The maximum absolute atomic E-state index is 8.74. The van der Waals surface area contributed by atoms with Crippen LogP contribution in [0.25, 0.3) is 0 Å². The van der Waals surface area contributed by atoms with Crippen molar-refractivity contribution < 1.29 is 0 Å². The molecule has 86 valence electrons. The van der Waals surface area contributed by atoms with Crippen molar-refractivity contribution >= 4 is 5.69 Å². The van der Waals surface area contributed by atoms with Crippen LogP contribution in [0.1, 0.15) is 25.6 Å². The zero-order valence-electron chi connectivity index (χ0n) is 10.0. The first-order valence-corrected chi connectivity index (χ1v) is 5.37. The van der Waals surface area contributed by atoms with Crippen LogP contribution < -0.4 is 10.6 Å². The molecule has 0 aliphatic carbocycles. The summed E-state index contributed by atoms with van der Waals surface area (Å²) in [5.41, 5.74) is 7.61. The average molecular weight is 218 g/mol. The standard InChI is InChI=1S/C12H18N4/c1-9(6-13)8-16(3)11-4-5-12(10(2)14)15-7-11/h4-5,7,9-10H,8,14H2,1-3H3/t9?,10-/m1/s1. The van der Waals surface area contributed by atoms with Gasteiger partial charge in [0.15, 0.2) is 0 Å². The molecule has 1 aromatic rings. The minimum absolute atomic E-state index is 0.0121. The van der Waals surface area contributed by atoms with Crippen LogP contribution in [0.2, 0.25) is 0 Å². The molecule has 1 rings (SSSR count). The Labute approximate surface area is 96.7 Å². The molecule has 0 saturated heterocycles. The molecule has 0 aliphatic rings. The molecule has 16 heavy (non-hydrogen) atoms. The Hall–Kier alpha value is -1.60. The third kappa shape index (κ3) is 3.21. The van der Waals surface area contributed by atoms with E-state index in [4.69, 9.17) is 11.0 Å². The summed E-state index contributed by atoms with van der Waals surface area (Å²) in [4.78, 5) is 6.30. The highest BCUT2D eigenvalue weighted by atomic mass is 15.1. The number of nitriles is 1. The van der Waals surface area contributed by atoms with E-state index in [0.29, 0.717) is 6.54 Å². The van der Waals surface area contributed by atoms with Gasteiger partial charge < -0.3 is 10.6 Å². The number of hydrogen-bond donors (Lipinski definition) is 1. The lowest BCUT2D eigenvalue weighted by Crippen LogP contribution is -2.23. The molecule has 0 radical (unpaired) electrons. The second kappa shape index (κ2) is 5.47. The number of aromatic nitrogens is 1. The smallest absolute Gasteiger partial charge is 0.0671 e. The number of hydrogen-bond acceptors (Lipinski definition) is 4. The molecule has 0 saturated carbocycles. The summed E-state index contributed by atoms with van der Waals surface area (Å²) in [5, 5.41) is 8.74. The Morgan fingerprint density at radius 1 is 1.50 bits per heavy atom. The van der Waals surface area contributed by atoms with E-state index < -0.39 is 0 Å². The van der Waals surface area contributed by atoms with Gasteiger partial charge in [-0.05, 0) is 26.0 Å². The maximum Gasteiger partial charge on any atom is 0.0671 e. The zero-order chi connectivity index (χ0) is 12.1. The number of rotatable bonds is 4. The fourth-order valence-electron chi connectivity index (χ4n) is 1.45. The molecule has 2 N–H and O–H groups in total. The maximum atomic E-state index is 8.74. The van der Waals surface area contributed by atoms with Crippen LogP contribution >= 0.6 is 0 Å². The summed E-state index contributed by atoms with van der Waals surface area (Å²) in [5.74, 6) is 0.0121. The third-order valence-corrected chi connectivity index (χ3v) is 2.45. The molecule has 1 aromatic heterocycles. The Morgan fingerprint density at radius 2 is 2.19 bits per heavy atom. The molecule has 0 bridgehead atoms. The Balaban J connectivity index is 2.71. The van der Waals surface area contributed by atoms with Crippen molar-refractivity contribution in [3.05, 3.63) is 24.0 Å². The highest BCUT2D eigenvalue weighted by Gasteiger charge is 2.07. The first kappa shape index (κ1) is 12.5. The van der Waals surface area contributed by atoms with E-state index in [2.05, 4.69) is 11.1 Å². The second-order valence-electron chi connectivity index (χ2n) is 4.14. The molecule has 1 heterocycles. The van der Waals surface area contributed by atoms with E-state index in [1.54, 1.807) is 6.20 Å². The fourth-order valence-corrected chi connectivity index (χ4v) is 1.45. The summed E-state index contributed by atoms with van der Waals surface area (Å²) >= 11 is 0. The lowest BCUT2D eigenvalue weighted by Gasteiger charge is -2.20. The Bertz CT molecular complexity index is 364. The van der Waals surface area contributed by atoms with Gasteiger partial charge in [0.25, 0.3) is 0 Å². The largest absolute Gasteiger partial charge is 0.372 e. The summed E-state index contributed by atoms with van der Waals surface area (Å²) in [7, 11) is 1.95. The summed E-state index contributed by atoms with van der Waals surface area (Å²) < 4.78 is 0. The molecule has 0 aliphatic heterocycles. The predicted molar refractivity (Wildman–Crippen MR) is 64.9 cm³/mol. The number of nitrogens with two attached hydrogens (primary N) is 1. The Morgan fingerprint density at radius 3 is 2.62 bits per heavy atom. The fraction of sp³-hybridized carbons (Fsp3) is 0.500. The number of pyridine rings is 1. The quantitative estimate of drug-likeness (QED) is 0.835. The predicted octanol–water partition coefficient (Wildman–Crippen LogP) is 1.70. The van der Waals surface area contributed by atoms with Gasteiger partial charge in [0.05, 0.1) is 29.6 Å². The second-order valence-corrected chi connectivity index (χ2v) is 4.14. The summed E-state index contributed by atoms with van der Waals surface area (Å²) in [6.07, 6.45) is 1.79. The molecule has 4 nitrogen and oxygen atoms in total. The molecule has 0 fully saturated rings. The minimum Gasteiger partial charge on any atom is -0.372 e. The molecule has 2 atom stereocenters. The van der Waals surface area contributed by atoms with Crippen molar-refractivity contribution in [2.75, 3.05) is 18.5 Å². The molecular formula is C12H18N4. The van der Waals surface area contributed by atoms with E-state index in [9.17, 15) is 0 Å². The Kier molecular flexibility index (Phi) is 4.27. The van der Waals surface area contributed by atoms with Crippen LogP contribution in [-0.4, -0.2) is 18.6 Å². The van der Waals surface area contributed by atoms with E-state index in [-0.39, 0.29) is 12.0 Å².